The van der Waals surface area contributed by atoms with Crippen LogP contribution in [0.1, 0.15) is 5.56 Å². The second kappa shape index (κ2) is 3.21. The topological polar surface area (TPSA) is 52.0 Å². The van der Waals surface area contributed by atoms with Gasteiger partial charge in [0.1, 0.15) is 0 Å². The maximum absolute atomic E-state index is 5.63. The molecule has 1 aromatic carbocycles. The van der Waals surface area contributed by atoms with Gasteiger partial charge >= 0.3 is 0 Å². The highest BCUT2D eigenvalue weighted by Gasteiger charge is 1.94. The molecule has 0 radical (unpaired) electrons. The molecule has 0 unspecified atom stereocenters. The van der Waals surface area contributed by atoms with E-state index in [0.717, 1.165) is 14.8 Å². The van der Waals surface area contributed by atoms with Crippen LogP contribution in [0.4, 0.5) is 5.69 Å². The molecule has 0 saturated heterocycles. The van der Waals surface area contributed by atoms with Crippen molar-refractivity contribution in [3.05, 3.63) is 27.3 Å². The normalized spacial score (nSPS) is 9.80. The van der Waals surface area contributed by atoms with Crippen LogP contribution in [0.5, 0.6) is 0 Å². The Morgan fingerprint density at radius 2 is 2.10 bits per heavy atom. The van der Waals surface area contributed by atoms with Crippen molar-refractivity contribution >= 4 is 28.3 Å². The lowest BCUT2D eigenvalue weighted by molar-refractivity contribution is 1.07. The summed E-state index contributed by atoms with van der Waals surface area (Å²) < 4.78 is 1.08. The van der Waals surface area contributed by atoms with Gasteiger partial charge < -0.3 is 11.5 Å². The zero-order valence-corrected chi connectivity index (χ0v) is 7.63. The van der Waals surface area contributed by atoms with Crippen LogP contribution in [-0.4, -0.2) is 0 Å². The van der Waals surface area contributed by atoms with Gasteiger partial charge in [-0.05, 0) is 40.3 Å². The van der Waals surface area contributed by atoms with Gasteiger partial charge in [-0.2, -0.15) is 0 Å². The molecular formula is C7H9IN2. The van der Waals surface area contributed by atoms with Crippen LogP contribution in [0.25, 0.3) is 0 Å². The Bertz CT molecular complexity index is 235. The monoisotopic (exact) mass is 248 g/mol. The van der Waals surface area contributed by atoms with E-state index in [2.05, 4.69) is 22.6 Å². The van der Waals surface area contributed by atoms with Gasteiger partial charge in [-0.15, -0.1) is 0 Å². The summed E-state index contributed by atoms with van der Waals surface area (Å²) in [6.45, 7) is 0.557. The summed E-state index contributed by atoms with van der Waals surface area (Å²) in [4.78, 5) is 0. The summed E-state index contributed by atoms with van der Waals surface area (Å²) in [7, 11) is 0. The zero-order chi connectivity index (χ0) is 7.56. The summed E-state index contributed by atoms with van der Waals surface area (Å²) >= 11 is 2.19. The van der Waals surface area contributed by atoms with Crippen molar-refractivity contribution in [1.29, 1.82) is 0 Å². The first-order chi connectivity index (χ1) is 4.74. The highest BCUT2D eigenvalue weighted by molar-refractivity contribution is 14.1. The molecule has 0 fully saturated rings. The summed E-state index contributed by atoms with van der Waals surface area (Å²) in [5.41, 5.74) is 12.9. The van der Waals surface area contributed by atoms with Gasteiger partial charge in [0.15, 0.2) is 0 Å². The molecule has 0 aliphatic rings. The molecule has 1 aromatic rings. The van der Waals surface area contributed by atoms with Crippen LogP contribution in [-0.2, 0) is 6.54 Å². The van der Waals surface area contributed by atoms with Gasteiger partial charge in [-0.3, -0.25) is 0 Å². The lowest BCUT2D eigenvalue weighted by Crippen LogP contribution is -1.98. The summed E-state index contributed by atoms with van der Waals surface area (Å²) in [5, 5.41) is 0. The Hall–Kier alpha value is -0.290. The molecule has 10 heavy (non-hydrogen) atoms. The second-order valence-electron chi connectivity index (χ2n) is 2.06. The molecule has 0 bridgehead atoms. The quantitative estimate of drug-likeness (QED) is 0.582. The summed E-state index contributed by atoms with van der Waals surface area (Å²) in [6, 6.07) is 5.86. The minimum atomic E-state index is 0.557. The Morgan fingerprint density at radius 1 is 1.40 bits per heavy atom. The molecule has 0 amide bonds. The predicted octanol–water partition coefficient (Wildman–Crippen LogP) is 1.33. The number of anilines is 1. The molecule has 4 N–H and O–H groups in total. The van der Waals surface area contributed by atoms with Crippen molar-refractivity contribution in [2.75, 3.05) is 5.73 Å². The van der Waals surface area contributed by atoms with E-state index in [0.29, 0.717) is 6.54 Å². The first-order valence-corrected chi connectivity index (χ1v) is 4.06. The van der Waals surface area contributed by atoms with E-state index >= 15 is 0 Å². The smallest absolute Gasteiger partial charge is 0.0452 e. The van der Waals surface area contributed by atoms with Crippen molar-refractivity contribution in [3.8, 4) is 0 Å². The van der Waals surface area contributed by atoms with Gasteiger partial charge in [0.05, 0.1) is 0 Å². The average Bonchev–Trinajstić information content (AvgIpc) is 1.95. The molecule has 0 aromatic heterocycles. The van der Waals surface area contributed by atoms with E-state index < -0.39 is 0 Å². The Balaban J connectivity index is 3.04. The standard InChI is InChI=1S/C7H9IN2/c8-6-2-1-5(4-9)3-7(6)10/h1-3H,4,9-10H2. The third kappa shape index (κ3) is 1.60. The minimum absolute atomic E-state index is 0.557. The van der Waals surface area contributed by atoms with Gasteiger partial charge in [0, 0.05) is 15.8 Å². The first kappa shape index (κ1) is 7.81. The van der Waals surface area contributed by atoms with E-state index in [-0.39, 0.29) is 0 Å². The minimum Gasteiger partial charge on any atom is -0.398 e. The summed E-state index contributed by atoms with van der Waals surface area (Å²) in [5.74, 6) is 0. The maximum Gasteiger partial charge on any atom is 0.0452 e. The van der Waals surface area contributed by atoms with Crippen LogP contribution in [0.15, 0.2) is 18.2 Å². The Labute approximate surface area is 73.7 Å². The molecule has 2 nitrogen and oxygen atoms in total. The first-order valence-electron chi connectivity index (χ1n) is 2.98. The average molecular weight is 248 g/mol. The molecular weight excluding hydrogens is 239 g/mol. The lowest BCUT2D eigenvalue weighted by Gasteiger charge is -1.99. The van der Waals surface area contributed by atoms with Gasteiger partial charge in [0.2, 0.25) is 0 Å². The number of nitrogen functional groups attached to an aromatic ring is 1. The molecule has 0 atom stereocenters. The largest absolute Gasteiger partial charge is 0.398 e. The predicted molar refractivity (Wildman–Crippen MR) is 51.5 cm³/mol. The maximum atomic E-state index is 5.63. The van der Waals surface area contributed by atoms with Crippen LogP contribution in [0.2, 0.25) is 0 Å². The fourth-order valence-electron chi connectivity index (χ4n) is 0.720. The van der Waals surface area contributed by atoms with E-state index in [1.165, 1.54) is 0 Å². The highest BCUT2D eigenvalue weighted by atomic mass is 127. The number of rotatable bonds is 1. The fraction of sp³-hybridized carbons (Fsp3) is 0.143. The second-order valence-corrected chi connectivity index (χ2v) is 3.22. The van der Waals surface area contributed by atoms with Gasteiger partial charge in [-0.25, -0.2) is 0 Å². The third-order valence-electron chi connectivity index (χ3n) is 1.30. The third-order valence-corrected chi connectivity index (χ3v) is 2.28. The molecule has 0 aliphatic heterocycles. The molecule has 0 saturated carbocycles. The van der Waals surface area contributed by atoms with Crippen LogP contribution in [0, 0.1) is 3.57 Å². The number of hydrogen-bond acceptors (Lipinski definition) is 2. The van der Waals surface area contributed by atoms with Crippen LogP contribution < -0.4 is 11.5 Å². The SMILES string of the molecule is NCc1ccc(I)c(N)c1. The number of hydrogen-bond donors (Lipinski definition) is 2. The van der Waals surface area contributed by atoms with E-state index in [9.17, 15) is 0 Å². The Morgan fingerprint density at radius 3 is 2.60 bits per heavy atom. The van der Waals surface area contributed by atoms with E-state index in [1.807, 2.05) is 18.2 Å². The van der Waals surface area contributed by atoms with E-state index in [1.54, 1.807) is 0 Å². The molecule has 1 rings (SSSR count). The fourth-order valence-corrected chi connectivity index (χ4v) is 1.06. The molecule has 0 spiro atoms. The van der Waals surface area contributed by atoms with Crippen molar-refractivity contribution in [3.63, 3.8) is 0 Å². The zero-order valence-electron chi connectivity index (χ0n) is 5.47. The van der Waals surface area contributed by atoms with Crippen molar-refractivity contribution in [2.24, 2.45) is 5.73 Å². The highest BCUT2D eigenvalue weighted by Crippen LogP contribution is 2.15. The van der Waals surface area contributed by atoms with E-state index in [4.69, 9.17) is 11.5 Å². The molecule has 0 aliphatic carbocycles. The molecule has 0 heterocycles. The summed E-state index contributed by atoms with van der Waals surface area (Å²) in [6.07, 6.45) is 0. The molecule has 3 heteroatoms. The van der Waals surface area contributed by atoms with Crippen molar-refractivity contribution < 1.29 is 0 Å². The van der Waals surface area contributed by atoms with Crippen LogP contribution >= 0.6 is 22.6 Å². The van der Waals surface area contributed by atoms with Crippen molar-refractivity contribution in [1.82, 2.24) is 0 Å². The molecule has 54 valence electrons. The number of halogens is 1. The number of nitrogens with two attached hydrogens (primary N) is 2. The van der Waals surface area contributed by atoms with Gasteiger partial charge in [-0.1, -0.05) is 6.07 Å². The van der Waals surface area contributed by atoms with Crippen LogP contribution in [0.3, 0.4) is 0 Å². The van der Waals surface area contributed by atoms with Crippen molar-refractivity contribution in [2.45, 2.75) is 6.54 Å². The Kier molecular flexibility index (Phi) is 2.50. The lowest BCUT2D eigenvalue weighted by atomic mass is 10.2. The number of benzene rings is 1. The van der Waals surface area contributed by atoms with Gasteiger partial charge in [0.25, 0.3) is 0 Å².